The molecule has 0 N–H and O–H groups in total. The van der Waals surface area contributed by atoms with Crippen LogP contribution in [0.4, 0.5) is 0 Å². The molecule has 0 spiro atoms. The van der Waals surface area contributed by atoms with Crippen molar-refractivity contribution < 1.29 is 0 Å². The summed E-state index contributed by atoms with van der Waals surface area (Å²) < 4.78 is 0. The van der Waals surface area contributed by atoms with Gasteiger partial charge in [0.25, 0.3) is 0 Å². The average molecular weight is 865 g/mol. The fourth-order valence-electron chi connectivity index (χ4n) is 8.03. The fraction of sp³-hybridized carbons (Fsp3) is 0.0769. The molecule has 304 valence electrons. The molecule has 4 aromatic rings. The SMILES string of the molecule is N#CC(C#N)=c1cc2c(=C(C#N)C#N)c(c1)Cc1cc(=C(C#N)C#N)cc(c1=C(C#N)C#N)Cc1cc(=C(C#N)C#N)cc(c1=C(C#N)C#N)Cc1cc(=C(C#N)C#N)cc(c1=C(C#N)C#N)C2. The first-order chi connectivity index (χ1) is 33.0. The van der Waals surface area contributed by atoms with Crippen LogP contribution in [0.25, 0.3) is 44.6 Å². The van der Waals surface area contributed by atoms with Gasteiger partial charge in [0.15, 0.2) is 0 Å². The zero-order valence-corrected chi connectivity index (χ0v) is 34.6. The largest absolute Gasteiger partial charge is 0.192 e. The molecule has 5 rings (SSSR count). The minimum absolute atomic E-state index is 0.0153. The molecule has 0 saturated heterocycles. The molecule has 16 heteroatoms. The van der Waals surface area contributed by atoms with Crippen LogP contribution >= 0.6 is 0 Å². The van der Waals surface area contributed by atoms with E-state index >= 15 is 0 Å². The summed E-state index contributed by atoms with van der Waals surface area (Å²) in [5, 5.41) is 164. The average Bonchev–Trinajstić information content (AvgIpc) is 3.34. The quantitative estimate of drug-likeness (QED) is 0.197. The zero-order valence-electron chi connectivity index (χ0n) is 34.6. The number of fused-ring (bicyclic) bond motifs is 8. The van der Waals surface area contributed by atoms with Crippen molar-refractivity contribution in [2.24, 2.45) is 0 Å². The van der Waals surface area contributed by atoms with Gasteiger partial charge in [0.1, 0.15) is 142 Å². The van der Waals surface area contributed by atoms with Crippen LogP contribution in [0.3, 0.4) is 0 Å². The molecule has 0 heterocycles. The van der Waals surface area contributed by atoms with Gasteiger partial charge in [-0.15, -0.1) is 0 Å². The lowest BCUT2D eigenvalue weighted by molar-refractivity contribution is 1.03. The molecule has 68 heavy (non-hydrogen) atoms. The summed E-state index contributed by atoms with van der Waals surface area (Å²) in [6, 6.07) is 39.6. The highest BCUT2D eigenvalue weighted by Gasteiger charge is 2.21. The second-order valence-electron chi connectivity index (χ2n) is 14.2. The Balaban J connectivity index is 2.42. The van der Waals surface area contributed by atoms with Crippen LogP contribution in [0.15, 0.2) is 48.5 Å². The van der Waals surface area contributed by atoms with E-state index in [4.69, 9.17) is 0 Å². The maximum Gasteiger partial charge on any atom is 0.137 e. The normalized spacial score (nSPS) is 9.88. The Morgan fingerprint density at radius 3 is 0.426 bits per heavy atom. The van der Waals surface area contributed by atoms with Gasteiger partial charge in [-0.2, -0.15) is 84.2 Å². The number of benzene rings is 4. The van der Waals surface area contributed by atoms with Crippen LogP contribution < -0.4 is 41.7 Å². The Hall–Kier alpha value is -12.3. The maximum absolute atomic E-state index is 10.5. The highest BCUT2D eigenvalue weighted by atomic mass is 14.4. The lowest BCUT2D eigenvalue weighted by Crippen LogP contribution is -2.33. The molecule has 1 aliphatic rings. The summed E-state index contributed by atoms with van der Waals surface area (Å²) >= 11 is 0. The van der Waals surface area contributed by atoms with Gasteiger partial charge in [0.05, 0.1) is 0 Å². The first-order valence-corrected chi connectivity index (χ1v) is 19.0. The first kappa shape index (κ1) is 46.7. The number of hydrogen-bond donors (Lipinski definition) is 0. The van der Waals surface area contributed by atoms with Gasteiger partial charge in [-0.3, -0.25) is 0 Å². The van der Waals surface area contributed by atoms with Crippen LogP contribution in [-0.4, -0.2) is 0 Å². The summed E-state index contributed by atoms with van der Waals surface area (Å²) in [4.78, 5) is 0. The molecular weight excluding hydrogens is 849 g/mol. The second-order valence-corrected chi connectivity index (χ2v) is 14.2. The van der Waals surface area contributed by atoms with E-state index in [0.717, 1.165) is 0 Å². The van der Waals surface area contributed by atoms with Crippen molar-refractivity contribution in [1.82, 2.24) is 0 Å². The topological polar surface area (TPSA) is 381 Å². The number of nitriles is 16. The Morgan fingerprint density at radius 2 is 0.324 bits per heavy atom. The maximum atomic E-state index is 10.5. The third-order valence-corrected chi connectivity index (χ3v) is 10.7. The van der Waals surface area contributed by atoms with Crippen molar-refractivity contribution in [2.45, 2.75) is 25.7 Å². The van der Waals surface area contributed by atoms with Crippen LogP contribution in [0.1, 0.15) is 44.5 Å². The molecule has 0 saturated carbocycles. The predicted molar refractivity (Wildman–Crippen MR) is 231 cm³/mol. The van der Waals surface area contributed by atoms with E-state index in [1.807, 2.05) is 48.6 Å². The minimum Gasteiger partial charge on any atom is -0.192 e. The monoisotopic (exact) mass is 864 g/mol. The van der Waals surface area contributed by atoms with Gasteiger partial charge >= 0.3 is 0 Å². The second kappa shape index (κ2) is 20.5. The molecule has 0 aromatic heterocycles. The number of rotatable bonds is 0. The van der Waals surface area contributed by atoms with Gasteiger partial charge in [0, 0.05) is 41.7 Å². The molecule has 0 radical (unpaired) electrons. The summed E-state index contributed by atoms with van der Waals surface area (Å²) in [6.07, 6.45) is -1.89. The van der Waals surface area contributed by atoms with E-state index in [-0.39, 0.29) is 86.3 Å². The van der Waals surface area contributed by atoms with Crippen molar-refractivity contribution >= 4 is 44.6 Å². The number of hydrogen-bond acceptors (Lipinski definition) is 16. The third kappa shape index (κ3) is 8.59. The van der Waals surface area contributed by atoms with Crippen molar-refractivity contribution in [3.63, 3.8) is 0 Å². The molecule has 0 atom stereocenters. The molecule has 0 fully saturated rings. The van der Waals surface area contributed by atoms with E-state index in [9.17, 15) is 84.2 Å². The molecule has 16 nitrogen and oxygen atoms in total. The number of nitrogens with zero attached hydrogens (tertiary/aromatic N) is 16. The van der Waals surface area contributed by atoms with Crippen molar-refractivity contribution in [2.75, 3.05) is 0 Å². The lowest BCUT2D eigenvalue weighted by atomic mass is 9.85. The summed E-state index contributed by atoms with van der Waals surface area (Å²) in [7, 11) is 0. The summed E-state index contributed by atoms with van der Waals surface area (Å²) in [6.45, 7) is 0. The fourth-order valence-corrected chi connectivity index (χ4v) is 8.03. The van der Waals surface area contributed by atoms with Crippen molar-refractivity contribution in [3.8, 4) is 97.1 Å². The van der Waals surface area contributed by atoms with E-state index in [1.165, 1.54) is 48.5 Å². The molecule has 4 aromatic carbocycles. The van der Waals surface area contributed by atoms with Crippen LogP contribution in [-0.2, 0) is 25.7 Å². The van der Waals surface area contributed by atoms with Gasteiger partial charge < -0.3 is 0 Å². The highest BCUT2D eigenvalue weighted by molar-refractivity contribution is 5.81. The first-order valence-electron chi connectivity index (χ1n) is 19.0. The van der Waals surface area contributed by atoms with Gasteiger partial charge in [0.2, 0.25) is 0 Å². The Labute approximate surface area is 385 Å². The third-order valence-electron chi connectivity index (χ3n) is 10.7. The van der Waals surface area contributed by atoms with E-state index in [2.05, 4.69) is 0 Å². The van der Waals surface area contributed by atoms with Crippen molar-refractivity contribution in [3.05, 3.63) is 135 Å². The van der Waals surface area contributed by atoms with Gasteiger partial charge in [-0.25, -0.2) is 0 Å². The van der Waals surface area contributed by atoms with E-state index in [0.29, 0.717) is 0 Å². The van der Waals surface area contributed by atoms with Crippen LogP contribution in [0.2, 0.25) is 0 Å². The van der Waals surface area contributed by atoms with Gasteiger partial charge in [-0.05, 0) is 119 Å². The molecule has 1 aliphatic carbocycles. The molecule has 0 unspecified atom stereocenters. The minimum atomic E-state index is -0.531. The van der Waals surface area contributed by atoms with E-state index < -0.39 is 70.3 Å². The summed E-state index contributed by atoms with van der Waals surface area (Å²) in [5.74, 6) is 0. The Kier molecular flexibility index (Phi) is 14.1. The lowest BCUT2D eigenvalue weighted by Gasteiger charge is -2.17. The molecule has 8 bridgehead atoms. The summed E-state index contributed by atoms with van der Waals surface area (Å²) in [5.41, 5.74) is -3.84. The molecule has 0 amide bonds. The molecule has 0 aliphatic heterocycles. The smallest absolute Gasteiger partial charge is 0.137 e. The highest BCUT2D eigenvalue weighted by Crippen LogP contribution is 2.16. The zero-order chi connectivity index (χ0) is 49.7. The Morgan fingerprint density at radius 1 is 0.206 bits per heavy atom. The molecular formula is C52H16N16. The standard InChI is InChI=1S/C52H16N16/c53-13-41(14-54)29-1-33-9-35-3-30(42(15-55)16-56)4-37(50(35)46(23-63)24-64)11-38-7-32(44(19-59)20-60)8-40(52(38)48(27-67)28-68)12-39-6-31(43(17-57)18-58)5-36(51(39)47(25-65)26-66)10-34(2-29)49(33)45(21-61)22-62/h1-8H,9-12H2. The van der Waals surface area contributed by atoms with Gasteiger partial charge in [-0.1, -0.05) is 0 Å². The van der Waals surface area contributed by atoms with E-state index in [1.54, 1.807) is 48.6 Å². The van der Waals surface area contributed by atoms with Crippen molar-refractivity contribution in [1.29, 1.82) is 84.2 Å². The van der Waals surface area contributed by atoms with Crippen LogP contribution in [0, 0.1) is 181 Å². The van der Waals surface area contributed by atoms with Crippen LogP contribution in [0.5, 0.6) is 0 Å². The predicted octanol–water partition coefficient (Wildman–Crippen LogP) is -0.0539. The Bertz CT molecular complexity index is 3530.